The van der Waals surface area contributed by atoms with Gasteiger partial charge >= 0.3 is 0 Å². The molecule has 0 saturated carbocycles. The average Bonchev–Trinajstić information content (AvgIpc) is 2.51. The van der Waals surface area contributed by atoms with Crippen molar-refractivity contribution in [3.8, 4) is 5.75 Å². The van der Waals surface area contributed by atoms with Crippen molar-refractivity contribution in [2.75, 3.05) is 12.4 Å². The van der Waals surface area contributed by atoms with E-state index in [4.69, 9.17) is 16.3 Å². The summed E-state index contributed by atoms with van der Waals surface area (Å²) in [6.07, 6.45) is 1.47. The normalized spacial score (nSPS) is 11.2. The zero-order chi connectivity index (χ0) is 16.1. The van der Waals surface area contributed by atoms with Gasteiger partial charge in [0.05, 0.1) is 12.1 Å². The summed E-state index contributed by atoms with van der Waals surface area (Å²) < 4.78 is 18.1. The van der Waals surface area contributed by atoms with Crippen LogP contribution in [0.4, 0.5) is 10.1 Å². The van der Waals surface area contributed by atoms with E-state index in [2.05, 4.69) is 5.32 Å². The number of rotatable bonds is 5. The maximum Gasteiger partial charge on any atom is 0.187 e. The number of benzene rings is 2. The maximum atomic E-state index is 13.1. The van der Waals surface area contributed by atoms with Gasteiger partial charge in [0.2, 0.25) is 0 Å². The number of carbonyl (C=O) groups excluding carboxylic acids is 1. The van der Waals surface area contributed by atoms with Crippen molar-refractivity contribution < 1.29 is 13.9 Å². The van der Waals surface area contributed by atoms with E-state index in [0.29, 0.717) is 22.7 Å². The van der Waals surface area contributed by atoms with E-state index in [-0.39, 0.29) is 10.8 Å². The van der Waals surface area contributed by atoms with Gasteiger partial charge in [0.25, 0.3) is 0 Å². The molecule has 0 radical (unpaired) electrons. The van der Waals surface area contributed by atoms with Crippen molar-refractivity contribution >= 4 is 23.1 Å². The smallest absolute Gasteiger partial charge is 0.187 e. The van der Waals surface area contributed by atoms with Gasteiger partial charge in [-0.2, -0.15) is 0 Å². The number of ketones is 1. The van der Waals surface area contributed by atoms with Crippen LogP contribution in [0, 0.1) is 5.82 Å². The second-order valence-corrected chi connectivity index (χ2v) is 5.08. The number of anilines is 1. The van der Waals surface area contributed by atoms with Gasteiger partial charge in [0.15, 0.2) is 5.78 Å². The number of methoxy groups -OCH3 is 1. The molecule has 3 nitrogen and oxygen atoms in total. The molecule has 2 aromatic carbocycles. The lowest BCUT2D eigenvalue weighted by atomic mass is 10.1. The number of carbonyl (C=O) groups is 1. The number of hydrogen-bond acceptors (Lipinski definition) is 3. The minimum absolute atomic E-state index is 0.0271. The predicted molar refractivity (Wildman–Crippen MR) is 86.1 cm³/mol. The Balaban J connectivity index is 2.09. The molecular weight excluding hydrogens is 305 g/mol. The molecule has 22 heavy (non-hydrogen) atoms. The molecule has 0 aliphatic carbocycles. The largest absolute Gasteiger partial charge is 0.497 e. The molecule has 1 N–H and O–H groups in total. The Bertz CT molecular complexity index is 711. The molecule has 0 spiro atoms. The second kappa shape index (κ2) is 7.09. The predicted octanol–water partition coefficient (Wildman–Crippen LogP) is 4.69. The molecule has 5 heteroatoms. The third-order valence-corrected chi connectivity index (χ3v) is 3.27. The lowest BCUT2D eigenvalue weighted by molar-refractivity contribution is 0.104. The summed E-state index contributed by atoms with van der Waals surface area (Å²) in [5.41, 5.74) is 1.80. The number of halogens is 2. The third-order valence-electron chi connectivity index (χ3n) is 2.98. The zero-order valence-corrected chi connectivity index (χ0v) is 12.9. The van der Waals surface area contributed by atoms with E-state index in [1.807, 2.05) is 0 Å². The molecule has 0 unspecified atom stereocenters. The first-order chi connectivity index (χ1) is 10.5. The van der Waals surface area contributed by atoms with Gasteiger partial charge in [-0.1, -0.05) is 11.6 Å². The van der Waals surface area contributed by atoms with Gasteiger partial charge in [0.1, 0.15) is 11.6 Å². The Kier molecular flexibility index (Phi) is 5.17. The van der Waals surface area contributed by atoms with E-state index in [9.17, 15) is 9.18 Å². The van der Waals surface area contributed by atoms with E-state index >= 15 is 0 Å². The molecule has 0 saturated heterocycles. The summed E-state index contributed by atoms with van der Waals surface area (Å²) in [7, 11) is 1.57. The van der Waals surface area contributed by atoms with Crippen molar-refractivity contribution in [1.82, 2.24) is 0 Å². The minimum atomic E-state index is -0.483. The topological polar surface area (TPSA) is 38.3 Å². The Morgan fingerprint density at radius 1 is 1.23 bits per heavy atom. The Hall–Kier alpha value is -2.33. The lowest BCUT2D eigenvalue weighted by Gasteiger charge is -2.07. The SMILES string of the molecule is COc1ccc(C(=O)C=C(C)Nc2ccc(F)c(Cl)c2)cc1. The molecule has 0 heterocycles. The molecule has 0 aliphatic heterocycles. The summed E-state index contributed by atoms with van der Waals surface area (Å²) in [6.45, 7) is 1.75. The van der Waals surface area contributed by atoms with E-state index in [0.717, 1.165) is 0 Å². The molecule has 0 fully saturated rings. The summed E-state index contributed by atoms with van der Waals surface area (Å²) in [5.74, 6) is 0.0698. The van der Waals surface area contributed by atoms with E-state index < -0.39 is 5.82 Å². The second-order valence-electron chi connectivity index (χ2n) is 4.67. The highest BCUT2D eigenvalue weighted by atomic mass is 35.5. The van der Waals surface area contributed by atoms with Gasteiger partial charge in [-0.25, -0.2) is 4.39 Å². The van der Waals surface area contributed by atoms with Crippen molar-refractivity contribution in [3.63, 3.8) is 0 Å². The van der Waals surface area contributed by atoms with E-state index in [1.54, 1.807) is 44.4 Å². The Labute approximate surface area is 133 Å². The van der Waals surface area contributed by atoms with Crippen LogP contribution in [0.3, 0.4) is 0 Å². The molecule has 0 aliphatic rings. The van der Waals surface area contributed by atoms with Crippen LogP contribution in [0.1, 0.15) is 17.3 Å². The lowest BCUT2D eigenvalue weighted by Crippen LogP contribution is -2.01. The number of ether oxygens (including phenoxy) is 1. The fourth-order valence-corrected chi connectivity index (χ4v) is 2.05. The van der Waals surface area contributed by atoms with Crippen LogP contribution in [0.25, 0.3) is 0 Å². The van der Waals surface area contributed by atoms with Crippen molar-refractivity contribution in [2.45, 2.75) is 6.92 Å². The van der Waals surface area contributed by atoms with Crippen LogP contribution >= 0.6 is 11.6 Å². The summed E-state index contributed by atoms with van der Waals surface area (Å²) in [4.78, 5) is 12.1. The first-order valence-corrected chi connectivity index (χ1v) is 6.96. The highest BCUT2D eigenvalue weighted by molar-refractivity contribution is 6.31. The van der Waals surface area contributed by atoms with Gasteiger partial charge in [0, 0.05) is 23.0 Å². The van der Waals surface area contributed by atoms with Gasteiger partial charge in [-0.05, 0) is 49.4 Å². The van der Waals surface area contributed by atoms with Gasteiger partial charge < -0.3 is 10.1 Å². The minimum Gasteiger partial charge on any atom is -0.497 e. The van der Waals surface area contributed by atoms with Crippen LogP contribution in [0.2, 0.25) is 5.02 Å². The number of allylic oxidation sites excluding steroid dienone is 2. The molecular formula is C17H15ClFNO2. The monoisotopic (exact) mass is 319 g/mol. The molecule has 2 aromatic rings. The fourth-order valence-electron chi connectivity index (χ4n) is 1.87. The average molecular weight is 320 g/mol. The van der Waals surface area contributed by atoms with Gasteiger partial charge in [-0.3, -0.25) is 4.79 Å². The highest BCUT2D eigenvalue weighted by Gasteiger charge is 2.05. The molecule has 0 amide bonds. The quantitative estimate of drug-likeness (QED) is 0.642. The number of hydrogen-bond donors (Lipinski definition) is 1. The van der Waals surface area contributed by atoms with Crippen LogP contribution in [0.15, 0.2) is 54.2 Å². The van der Waals surface area contributed by atoms with Crippen molar-refractivity contribution in [2.24, 2.45) is 0 Å². The highest BCUT2D eigenvalue weighted by Crippen LogP contribution is 2.20. The van der Waals surface area contributed by atoms with Gasteiger partial charge in [-0.15, -0.1) is 0 Å². The van der Waals surface area contributed by atoms with E-state index in [1.165, 1.54) is 18.2 Å². The first kappa shape index (κ1) is 16.0. The zero-order valence-electron chi connectivity index (χ0n) is 12.2. The molecule has 0 bridgehead atoms. The maximum absolute atomic E-state index is 13.1. The van der Waals surface area contributed by atoms with Crippen molar-refractivity contribution in [3.05, 3.63) is 70.6 Å². The molecule has 0 aromatic heterocycles. The summed E-state index contributed by atoms with van der Waals surface area (Å²) in [5, 5.41) is 3.02. The summed E-state index contributed by atoms with van der Waals surface area (Å²) >= 11 is 5.71. The molecule has 114 valence electrons. The number of nitrogens with one attached hydrogen (secondary N) is 1. The fraction of sp³-hybridized carbons (Fsp3) is 0.118. The molecule has 0 atom stereocenters. The first-order valence-electron chi connectivity index (χ1n) is 6.58. The van der Waals surface area contributed by atoms with Crippen LogP contribution in [0.5, 0.6) is 5.75 Å². The van der Waals surface area contributed by atoms with Crippen LogP contribution in [-0.2, 0) is 0 Å². The van der Waals surface area contributed by atoms with Crippen molar-refractivity contribution in [1.29, 1.82) is 0 Å². The van der Waals surface area contributed by atoms with Crippen LogP contribution in [-0.4, -0.2) is 12.9 Å². The van der Waals surface area contributed by atoms with Crippen LogP contribution < -0.4 is 10.1 Å². The third kappa shape index (κ3) is 4.09. The Morgan fingerprint density at radius 2 is 1.91 bits per heavy atom. The Morgan fingerprint density at radius 3 is 2.50 bits per heavy atom. The summed E-state index contributed by atoms with van der Waals surface area (Å²) in [6, 6.07) is 11.1. The molecule has 2 rings (SSSR count). The standard InChI is InChI=1S/C17H15ClFNO2/c1-11(20-13-5-8-16(19)15(18)10-13)9-17(21)12-3-6-14(22-2)7-4-12/h3-10,20H,1-2H3.